The number of nitrogens with zero attached hydrogens (tertiary/aromatic N) is 1. The van der Waals surface area contributed by atoms with Crippen molar-refractivity contribution in [3.8, 4) is 0 Å². The van der Waals surface area contributed by atoms with Gasteiger partial charge in [0.15, 0.2) is 0 Å². The Morgan fingerprint density at radius 3 is 2.58 bits per heavy atom. The van der Waals surface area contributed by atoms with Crippen LogP contribution < -0.4 is 9.62 Å². The van der Waals surface area contributed by atoms with Crippen molar-refractivity contribution < 1.29 is 13.6 Å². The molecule has 106 valence electrons. The van der Waals surface area contributed by atoms with E-state index in [9.17, 15) is 9.00 Å². The van der Waals surface area contributed by atoms with Crippen molar-refractivity contribution in [1.29, 1.82) is 0 Å². The summed E-state index contributed by atoms with van der Waals surface area (Å²) in [7, 11) is 0. The Labute approximate surface area is 116 Å². The van der Waals surface area contributed by atoms with Gasteiger partial charge in [-0.25, -0.2) is 8.93 Å². The molecule has 0 aliphatic heterocycles. The maximum atomic E-state index is 11.1. The van der Waals surface area contributed by atoms with Crippen molar-refractivity contribution in [2.24, 2.45) is 0 Å². The first-order valence-electron chi connectivity index (χ1n) is 6.22. The zero-order valence-electron chi connectivity index (χ0n) is 11.5. The molecule has 1 aromatic carbocycles. The molecule has 0 radical (unpaired) electrons. The number of aryl methyl sites for hydroxylation is 2. The molecule has 2 N–H and O–H groups in total. The van der Waals surface area contributed by atoms with Crippen molar-refractivity contribution in [2.75, 3.05) is 11.4 Å². The molecule has 0 saturated carbocycles. The normalized spacial score (nSPS) is 12.2. The summed E-state index contributed by atoms with van der Waals surface area (Å²) in [4.78, 5) is 12.8. The molecule has 19 heavy (non-hydrogen) atoms. The summed E-state index contributed by atoms with van der Waals surface area (Å²) in [5.41, 5.74) is 3.93. The Morgan fingerprint density at radius 2 is 2.11 bits per heavy atom. The fraction of sp³-hybridized carbons (Fsp3) is 0.462. The van der Waals surface area contributed by atoms with Gasteiger partial charge in [0.2, 0.25) is 17.7 Å². The van der Waals surface area contributed by atoms with E-state index in [1.54, 1.807) is 4.90 Å². The average Bonchev–Trinajstić information content (AvgIpc) is 2.39. The highest BCUT2D eigenvalue weighted by Gasteiger charge is 2.12. The van der Waals surface area contributed by atoms with Crippen LogP contribution in [-0.2, 0) is 29.0 Å². The quantitative estimate of drug-likeness (QED) is 0.592. The number of benzene rings is 1. The van der Waals surface area contributed by atoms with Crippen LogP contribution in [0.2, 0.25) is 0 Å². The van der Waals surface area contributed by atoms with Crippen LogP contribution in [0.3, 0.4) is 0 Å². The molecular weight excluding hydrogens is 264 g/mol. The first kappa shape index (κ1) is 15.8. The number of rotatable bonds is 7. The van der Waals surface area contributed by atoms with Crippen molar-refractivity contribution in [2.45, 2.75) is 33.7 Å². The van der Waals surface area contributed by atoms with Gasteiger partial charge in [0.1, 0.15) is 0 Å². The van der Waals surface area contributed by atoms with Crippen LogP contribution in [0.1, 0.15) is 30.5 Å². The first-order chi connectivity index (χ1) is 9.03. The van der Waals surface area contributed by atoms with E-state index in [1.165, 1.54) is 0 Å². The van der Waals surface area contributed by atoms with E-state index in [4.69, 9.17) is 4.55 Å². The fourth-order valence-electron chi connectivity index (χ4n) is 2.15. The van der Waals surface area contributed by atoms with E-state index in [-0.39, 0.29) is 0 Å². The van der Waals surface area contributed by atoms with Gasteiger partial charge in [0, 0.05) is 18.8 Å². The molecule has 1 unspecified atom stereocenters. The van der Waals surface area contributed by atoms with Gasteiger partial charge in [0.25, 0.3) is 0 Å². The minimum atomic E-state index is -2.02. The molecule has 6 heteroatoms. The zero-order valence-corrected chi connectivity index (χ0v) is 12.3. The molecule has 0 spiro atoms. The van der Waals surface area contributed by atoms with Crippen LogP contribution in [0.25, 0.3) is 0 Å². The van der Waals surface area contributed by atoms with Gasteiger partial charge < -0.3 is 4.90 Å². The molecule has 0 aliphatic carbocycles. The topological polar surface area (TPSA) is 69.6 Å². The lowest BCUT2D eigenvalue weighted by molar-refractivity contribution is -0.107. The molecule has 0 aliphatic rings. The van der Waals surface area contributed by atoms with Crippen LogP contribution in [0.5, 0.6) is 0 Å². The highest BCUT2D eigenvalue weighted by Crippen LogP contribution is 2.26. The van der Waals surface area contributed by atoms with Crippen LogP contribution in [0.15, 0.2) is 12.1 Å². The minimum Gasteiger partial charge on any atom is -0.315 e. The SMILES string of the molecule is CCc1cc(CNS(=O)O)cc(C)c1N(C=O)CC. The Kier molecular flexibility index (Phi) is 6.14. The third kappa shape index (κ3) is 4.12. The maximum Gasteiger partial charge on any atom is 0.232 e. The second-order valence-corrected chi connectivity index (χ2v) is 5.02. The highest BCUT2D eigenvalue weighted by atomic mass is 32.2. The van der Waals surface area contributed by atoms with E-state index >= 15 is 0 Å². The number of carbonyl (C=O) groups is 1. The standard InChI is InChI=1S/C13H20N2O3S/c1-4-12-7-11(8-14-19(17)18)6-10(3)13(12)15(5-2)9-16/h6-7,9,14H,4-5,8H2,1-3H3,(H,17,18). The van der Waals surface area contributed by atoms with Crippen molar-refractivity contribution in [3.63, 3.8) is 0 Å². The lowest BCUT2D eigenvalue weighted by Crippen LogP contribution is -2.23. The maximum absolute atomic E-state index is 11.1. The summed E-state index contributed by atoms with van der Waals surface area (Å²) in [6.45, 7) is 6.84. The van der Waals surface area contributed by atoms with Crippen molar-refractivity contribution >= 4 is 23.4 Å². The van der Waals surface area contributed by atoms with E-state index in [1.807, 2.05) is 32.9 Å². The van der Waals surface area contributed by atoms with Crippen molar-refractivity contribution in [1.82, 2.24) is 4.72 Å². The van der Waals surface area contributed by atoms with E-state index < -0.39 is 11.3 Å². The third-order valence-corrected chi connectivity index (χ3v) is 3.37. The van der Waals surface area contributed by atoms with E-state index in [2.05, 4.69) is 4.72 Å². The van der Waals surface area contributed by atoms with Gasteiger partial charge in [-0.15, -0.1) is 0 Å². The van der Waals surface area contributed by atoms with Crippen LogP contribution in [0.4, 0.5) is 5.69 Å². The Bertz CT molecular complexity index is 477. The number of hydrogen-bond donors (Lipinski definition) is 2. The Balaban J connectivity index is 3.13. The highest BCUT2D eigenvalue weighted by molar-refractivity contribution is 7.77. The molecule has 1 rings (SSSR count). The van der Waals surface area contributed by atoms with Gasteiger partial charge >= 0.3 is 0 Å². The fourth-order valence-corrected chi connectivity index (χ4v) is 2.44. The molecule has 0 heterocycles. The first-order valence-corrected chi connectivity index (χ1v) is 7.32. The number of carbonyl (C=O) groups excluding carboxylic acids is 1. The van der Waals surface area contributed by atoms with Gasteiger partial charge in [-0.05, 0) is 37.0 Å². The molecule has 1 atom stereocenters. The molecule has 0 saturated heterocycles. The Morgan fingerprint density at radius 1 is 1.42 bits per heavy atom. The molecule has 0 fully saturated rings. The summed E-state index contributed by atoms with van der Waals surface area (Å²) in [5.74, 6) is 0. The predicted molar refractivity (Wildman–Crippen MR) is 77.3 cm³/mol. The molecule has 1 aromatic rings. The smallest absolute Gasteiger partial charge is 0.232 e. The van der Waals surface area contributed by atoms with Gasteiger partial charge in [-0.2, -0.15) is 0 Å². The second kappa shape index (κ2) is 7.37. The largest absolute Gasteiger partial charge is 0.315 e. The number of nitrogens with one attached hydrogen (secondary N) is 1. The lowest BCUT2D eigenvalue weighted by atomic mass is 10.0. The summed E-state index contributed by atoms with van der Waals surface area (Å²) in [6, 6.07) is 3.90. The van der Waals surface area contributed by atoms with E-state index in [0.29, 0.717) is 13.1 Å². The summed E-state index contributed by atoms with van der Waals surface area (Å²) < 4.78 is 21.8. The average molecular weight is 284 g/mol. The zero-order chi connectivity index (χ0) is 14.4. The summed E-state index contributed by atoms with van der Waals surface area (Å²) in [6.07, 6.45) is 1.64. The molecule has 0 bridgehead atoms. The van der Waals surface area contributed by atoms with Crippen LogP contribution in [-0.4, -0.2) is 21.7 Å². The van der Waals surface area contributed by atoms with Gasteiger partial charge in [-0.3, -0.25) is 9.35 Å². The van der Waals surface area contributed by atoms with Crippen molar-refractivity contribution in [3.05, 3.63) is 28.8 Å². The van der Waals surface area contributed by atoms with Gasteiger partial charge in [-0.1, -0.05) is 19.1 Å². The van der Waals surface area contributed by atoms with Crippen LogP contribution in [0, 0.1) is 6.92 Å². The predicted octanol–water partition coefficient (Wildman–Crippen LogP) is 1.77. The molecule has 5 nitrogen and oxygen atoms in total. The lowest BCUT2D eigenvalue weighted by Gasteiger charge is -2.22. The number of hydrogen-bond acceptors (Lipinski definition) is 2. The summed E-state index contributed by atoms with van der Waals surface area (Å²) >= 11 is -2.02. The Hall–Kier alpha value is -1.24. The van der Waals surface area contributed by atoms with Crippen LogP contribution >= 0.6 is 0 Å². The monoisotopic (exact) mass is 284 g/mol. The number of anilines is 1. The molecular formula is C13H20N2O3S. The third-order valence-electron chi connectivity index (χ3n) is 2.98. The van der Waals surface area contributed by atoms with Gasteiger partial charge in [0.05, 0.1) is 0 Å². The molecule has 0 aromatic heterocycles. The molecule has 1 amide bonds. The van der Waals surface area contributed by atoms with E-state index in [0.717, 1.165) is 35.2 Å². The second-order valence-electron chi connectivity index (χ2n) is 4.24. The number of amides is 1. The summed E-state index contributed by atoms with van der Waals surface area (Å²) in [5, 5.41) is 0. The minimum absolute atomic E-state index is 0.324.